The van der Waals surface area contributed by atoms with Gasteiger partial charge in [-0.2, -0.15) is 0 Å². The van der Waals surface area contributed by atoms with E-state index in [1.165, 1.54) is 6.07 Å². The van der Waals surface area contributed by atoms with Gasteiger partial charge in [-0.3, -0.25) is 10.1 Å². The van der Waals surface area contributed by atoms with Gasteiger partial charge in [0.1, 0.15) is 11.4 Å². The zero-order chi connectivity index (χ0) is 18.7. The van der Waals surface area contributed by atoms with E-state index in [9.17, 15) is 14.9 Å². The van der Waals surface area contributed by atoms with Gasteiger partial charge < -0.3 is 14.5 Å². The molecule has 1 fully saturated rings. The smallest absolute Gasteiger partial charge is 0.343 e. The summed E-state index contributed by atoms with van der Waals surface area (Å²) in [7, 11) is 2.02. The molecule has 0 amide bonds. The van der Waals surface area contributed by atoms with Crippen LogP contribution in [0, 0.1) is 10.1 Å². The molecule has 136 valence electrons. The van der Waals surface area contributed by atoms with Crippen molar-refractivity contribution in [1.29, 1.82) is 0 Å². The number of halogens is 1. The Labute approximate surface area is 159 Å². The van der Waals surface area contributed by atoms with Crippen molar-refractivity contribution in [3.63, 3.8) is 0 Å². The van der Waals surface area contributed by atoms with Crippen LogP contribution < -0.4 is 9.64 Å². The third-order valence-electron chi connectivity index (χ3n) is 4.28. The highest BCUT2D eigenvalue weighted by Crippen LogP contribution is 2.30. The summed E-state index contributed by atoms with van der Waals surface area (Å²) >= 11 is 3.31. The predicted octanol–water partition coefficient (Wildman–Crippen LogP) is 3.33. The molecule has 0 bridgehead atoms. The quantitative estimate of drug-likeness (QED) is 0.327. The number of nitro benzene ring substituents is 1. The van der Waals surface area contributed by atoms with Gasteiger partial charge in [-0.05, 0) is 43.4 Å². The zero-order valence-electron chi connectivity index (χ0n) is 14.2. The van der Waals surface area contributed by atoms with Crippen molar-refractivity contribution < 1.29 is 14.5 Å². The minimum atomic E-state index is -0.625. The summed E-state index contributed by atoms with van der Waals surface area (Å²) in [6.45, 7) is 3.09. The van der Waals surface area contributed by atoms with Gasteiger partial charge in [-0.1, -0.05) is 15.9 Å². The lowest BCUT2D eigenvalue weighted by atomic mass is 10.1. The zero-order valence-corrected chi connectivity index (χ0v) is 15.8. The van der Waals surface area contributed by atoms with Crippen LogP contribution in [0.15, 0.2) is 46.9 Å². The van der Waals surface area contributed by atoms with E-state index in [4.69, 9.17) is 4.74 Å². The number of rotatable bonds is 4. The number of ether oxygens (including phenoxy) is 1. The first-order valence-corrected chi connectivity index (χ1v) is 8.93. The topological polar surface area (TPSA) is 75.9 Å². The number of nitrogens with zero attached hydrogens (tertiary/aromatic N) is 3. The van der Waals surface area contributed by atoms with E-state index in [1.807, 2.05) is 11.9 Å². The summed E-state index contributed by atoms with van der Waals surface area (Å²) in [4.78, 5) is 27.5. The lowest BCUT2D eigenvalue weighted by Gasteiger charge is -2.33. The number of hydrogen-bond acceptors (Lipinski definition) is 6. The summed E-state index contributed by atoms with van der Waals surface area (Å²) in [5.74, 6) is -0.246. The molecule has 1 saturated heterocycles. The first kappa shape index (κ1) is 18.3. The van der Waals surface area contributed by atoms with Crippen LogP contribution >= 0.6 is 15.9 Å². The third-order valence-corrected chi connectivity index (χ3v) is 4.80. The second kappa shape index (κ2) is 7.84. The van der Waals surface area contributed by atoms with Crippen LogP contribution in [0.3, 0.4) is 0 Å². The Bertz CT molecular complexity index is 818. The molecule has 2 aromatic carbocycles. The molecule has 0 spiro atoms. The normalized spacial score (nSPS) is 14.9. The highest BCUT2D eigenvalue weighted by atomic mass is 79.9. The Balaban J connectivity index is 1.82. The highest BCUT2D eigenvalue weighted by molar-refractivity contribution is 9.10. The molecule has 1 aliphatic heterocycles. The average Bonchev–Trinajstić information content (AvgIpc) is 2.63. The summed E-state index contributed by atoms with van der Waals surface area (Å²) in [5.41, 5.74) is 0.598. The summed E-state index contributed by atoms with van der Waals surface area (Å²) in [6, 6.07) is 11.3. The molecular weight excluding hydrogens is 402 g/mol. The Hall–Kier alpha value is -2.45. The maximum atomic E-state index is 12.3. The van der Waals surface area contributed by atoms with E-state index in [0.29, 0.717) is 24.5 Å². The van der Waals surface area contributed by atoms with Crippen molar-refractivity contribution in [1.82, 2.24) is 4.90 Å². The lowest BCUT2D eigenvalue weighted by molar-refractivity contribution is -0.384. The Morgan fingerprint density at radius 1 is 1.12 bits per heavy atom. The molecule has 0 unspecified atom stereocenters. The third kappa shape index (κ3) is 4.20. The fourth-order valence-corrected chi connectivity index (χ4v) is 3.04. The van der Waals surface area contributed by atoms with Gasteiger partial charge in [0.2, 0.25) is 0 Å². The highest BCUT2D eigenvalue weighted by Gasteiger charge is 2.24. The van der Waals surface area contributed by atoms with Crippen LogP contribution in [0.5, 0.6) is 5.75 Å². The van der Waals surface area contributed by atoms with Gasteiger partial charge >= 0.3 is 5.97 Å². The van der Waals surface area contributed by atoms with E-state index in [2.05, 4.69) is 20.8 Å². The minimum absolute atomic E-state index is 0.0835. The SMILES string of the molecule is CN1CCN(c2ccc(C(=O)Oc3ccc(Br)cc3)cc2[N+](=O)[O-])CC1. The Morgan fingerprint density at radius 3 is 2.38 bits per heavy atom. The second-order valence-corrected chi connectivity index (χ2v) is 7.01. The number of hydrogen-bond donors (Lipinski definition) is 0. The molecule has 0 saturated carbocycles. The van der Waals surface area contributed by atoms with Crippen molar-refractivity contribution >= 4 is 33.3 Å². The lowest BCUT2D eigenvalue weighted by Crippen LogP contribution is -2.44. The largest absolute Gasteiger partial charge is 0.423 e. The van der Waals surface area contributed by atoms with Gasteiger partial charge in [0.25, 0.3) is 5.69 Å². The van der Waals surface area contributed by atoms with Gasteiger partial charge in [-0.15, -0.1) is 0 Å². The molecule has 0 N–H and O–H groups in total. The van der Waals surface area contributed by atoms with Crippen LogP contribution in [-0.2, 0) is 0 Å². The number of benzene rings is 2. The summed E-state index contributed by atoms with van der Waals surface area (Å²) in [5, 5.41) is 11.5. The number of piperazine rings is 1. The molecule has 0 aromatic heterocycles. The molecule has 2 aromatic rings. The molecule has 1 aliphatic rings. The van der Waals surface area contributed by atoms with Crippen LogP contribution in [0.2, 0.25) is 0 Å². The number of carbonyl (C=O) groups is 1. The van der Waals surface area contributed by atoms with Crippen molar-refractivity contribution in [3.05, 3.63) is 62.6 Å². The van der Waals surface area contributed by atoms with Crippen molar-refractivity contribution in [2.24, 2.45) is 0 Å². The van der Waals surface area contributed by atoms with Crippen molar-refractivity contribution in [2.45, 2.75) is 0 Å². The molecular formula is C18H18BrN3O4. The Morgan fingerprint density at radius 2 is 1.77 bits per heavy atom. The van der Waals surface area contributed by atoms with E-state index < -0.39 is 10.9 Å². The first-order chi connectivity index (χ1) is 12.4. The molecule has 7 nitrogen and oxygen atoms in total. The van der Waals surface area contributed by atoms with Crippen molar-refractivity contribution in [2.75, 3.05) is 38.1 Å². The number of nitro groups is 1. The number of anilines is 1. The molecule has 26 heavy (non-hydrogen) atoms. The Kier molecular flexibility index (Phi) is 5.53. The van der Waals surface area contributed by atoms with Crippen molar-refractivity contribution in [3.8, 4) is 5.75 Å². The molecule has 1 heterocycles. The van der Waals surface area contributed by atoms with Gasteiger partial charge in [0.05, 0.1) is 10.5 Å². The monoisotopic (exact) mass is 419 g/mol. The fourth-order valence-electron chi connectivity index (χ4n) is 2.78. The molecule has 0 aliphatic carbocycles. The summed E-state index contributed by atoms with van der Waals surface area (Å²) < 4.78 is 6.15. The van der Waals surface area contributed by atoms with E-state index >= 15 is 0 Å². The standard InChI is InChI=1S/C18H18BrN3O4/c1-20-8-10-21(11-9-20)16-7-2-13(12-17(16)22(24)25)18(23)26-15-5-3-14(19)4-6-15/h2-7,12H,8-11H2,1H3. The van der Waals surface area contributed by atoms with E-state index in [0.717, 1.165) is 17.6 Å². The van der Waals surface area contributed by atoms with Crippen LogP contribution in [0.25, 0.3) is 0 Å². The van der Waals surface area contributed by atoms with E-state index in [-0.39, 0.29) is 11.3 Å². The van der Waals surface area contributed by atoms with Crippen LogP contribution in [-0.4, -0.2) is 49.0 Å². The fraction of sp³-hybridized carbons (Fsp3) is 0.278. The maximum Gasteiger partial charge on any atom is 0.343 e. The van der Waals surface area contributed by atoms with Gasteiger partial charge in [-0.25, -0.2) is 4.79 Å². The molecule has 8 heteroatoms. The molecule has 0 atom stereocenters. The van der Waals surface area contributed by atoms with Gasteiger partial charge in [0.15, 0.2) is 0 Å². The maximum absolute atomic E-state index is 12.3. The number of carbonyl (C=O) groups excluding carboxylic acids is 1. The minimum Gasteiger partial charge on any atom is -0.423 e. The predicted molar refractivity (Wildman–Crippen MR) is 102 cm³/mol. The van der Waals surface area contributed by atoms with Gasteiger partial charge in [0, 0.05) is 36.7 Å². The number of esters is 1. The van der Waals surface area contributed by atoms with Crippen LogP contribution in [0.1, 0.15) is 10.4 Å². The molecule has 0 radical (unpaired) electrons. The van der Waals surface area contributed by atoms with Crippen LogP contribution in [0.4, 0.5) is 11.4 Å². The summed E-state index contributed by atoms with van der Waals surface area (Å²) in [6.07, 6.45) is 0. The van der Waals surface area contributed by atoms with E-state index in [1.54, 1.807) is 36.4 Å². The molecule has 3 rings (SSSR count). The second-order valence-electron chi connectivity index (χ2n) is 6.09. The number of likely N-dealkylation sites (N-methyl/N-ethyl adjacent to an activating group) is 1. The average molecular weight is 420 g/mol. The first-order valence-electron chi connectivity index (χ1n) is 8.14.